The van der Waals surface area contributed by atoms with Gasteiger partial charge in [-0.15, -0.1) is 0 Å². The number of carbonyl (C=O) groups is 1. The summed E-state index contributed by atoms with van der Waals surface area (Å²) in [5.74, 6) is 0.0627. The third kappa shape index (κ3) is 4.06. The van der Waals surface area contributed by atoms with E-state index in [1.807, 2.05) is 0 Å². The minimum absolute atomic E-state index is 0.0627. The Morgan fingerprint density at radius 2 is 2.10 bits per heavy atom. The Morgan fingerprint density at radius 1 is 1.60 bits per heavy atom. The SMILES string of the molecule is CC(=O)CC(C)(C)N[C]=O. The van der Waals surface area contributed by atoms with Crippen LogP contribution in [0.1, 0.15) is 27.2 Å². The molecule has 1 amide bonds. The van der Waals surface area contributed by atoms with Crippen LogP contribution >= 0.6 is 0 Å². The van der Waals surface area contributed by atoms with Gasteiger partial charge in [-0.05, 0) is 20.8 Å². The molecule has 57 valence electrons. The summed E-state index contributed by atoms with van der Waals surface area (Å²) in [6.45, 7) is 5.05. The molecule has 0 fully saturated rings. The highest BCUT2D eigenvalue weighted by Gasteiger charge is 2.18. The number of nitrogens with one attached hydrogen (secondary N) is 1. The average Bonchev–Trinajstić information content (AvgIpc) is 1.59. The van der Waals surface area contributed by atoms with Crippen molar-refractivity contribution < 1.29 is 9.59 Å². The molecular weight excluding hydrogens is 130 g/mol. The molecule has 0 aromatic rings. The Balaban J connectivity index is 3.85. The minimum Gasteiger partial charge on any atom is -0.343 e. The van der Waals surface area contributed by atoms with E-state index >= 15 is 0 Å². The number of rotatable bonds is 4. The van der Waals surface area contributed by atoms with E-state index in [1.165, 1.54) is 6.92 Å². The fourth-order valence-electron chi connectivity index (χ4n) is 0.805. The fourth-order valence-corrected chi connectivity index (χ4v) is 0.805. The molecule has 0 aromatic heterocycles. The van der Waals surface area contributed by atoms with Gasteiger partial charge in [0.25, 0.3) is 0 Å². The fraction of sp³-hybridized carbons (Fsp3) is 0.714. The maximum Gasteiger partial charge on any atom is 0.309 e. The van der Waals surface area contributed by atoms with Crippen molar-refractivity contribution in [2.45, 2.75) is 32.7 Å². The van der Waals surface area contributed by atoms with Gasteiger partial charge in [-0.2, -0.15) is 0 Å². The maximum atomic E-state index is 10.6. The van der Waals surface area contributed by atoms with Crippen LogP contribution in [0.3, 0.4) is 0 Å². The number of Topliss-reactive ketones (excluding diaryl/α,β-unsaturated/α-hetero) is 1. The Hall–Kier alpha value is -0.860. The van der Waals surface area contributed by atoms with Crippen LogP contribution in [0, 0.1) is 0 Å². The van der Waals surface area contributed by atoms with E-state index in [9.17, 15) is 9.59 Å². The summed E-state index contributed by atoms with van der Waals surface area (Å²) in [5, 5.41) is 2.43. The van der Waals surface area contributed by atoms with Crippen LogP contribution in [0.15, 0.2) is 0 Å². The van der Waals surface area contributed by atoms with Crippen molar-refractivity contribution in [3.8, 4) is 0 Å². The topological polar surface area (TPSA) is 46.2 Å². The van der Waals surface area contributed by atoms with Gasteiger partial charge < -0.3 is 5.32 Å². The van der Waals surface area contributed by atoms with Gasteiger partial charge >= 0.3 is 6.41 Å². The first-order valence-corrected chi connectivity index (χ1v) is 3.12. The summed E-state index contributed by atoms with van der Waals surface area (Å²) >= 11 is 0. The van der Waals surface area contributed by atoms with Crippen molar-refractivity contribution in [1.82, 2.24) is 5.32 Å². The van der Waals surface area contributed by atoms with Gasteiger partial charge in [0.2, 0.25) is 0 Å². The summed E-state index contributed by atoms with van der Waals surface area (Å²) in [6, 6.07) is 0. The normalized spacial score (nSPS) is 10.7. The molecule has 0 spiro atoms. The molecule has 0 aliphatic rings. The molecule has 3 heteroatoms. The molecule has 0 saturated heterocycles. The van der Waals surface area contributed by atoms with Gasteiger partial charge in [0.15, 0.2) is 0 Å². The van der Waals surface area contributed by atoms with Crippen molar-refractivity contribution in [2.24, 2.45) is 0 Å². The van der Waals surface area contributed by atoms with E-state index in [0.717, 1.165) is 0 Å². The first kappa shape index (κ1) is 9.14. The van der Waals surface area contributed by atoms with Crippen LogP contribution in [-0.2, 0) is 9.59 Å². The lowest BCUT2D eigenvalue weighted by molar-refractivity contribution is -0.118. The Kier molecular flexibility index (Phi) is 3.06. The summed E-state index contributed by atoms with van der Waals surface area (Å²) in [4.78, 5) is 20.4. The van der Waals surface area contributed by atoms with Gasteiger partial charge in [-0.25, -0.2) is 0 Å². The third-order valence-electron chi connectivity index (χ3n) is 1.08. The first-order valence-electron chi connectivity index (χ1n) is 3.12. The standard InChI is InChI=1S/C7H12NO2/c1-6(10)4-7(2,3)8-5-9/h4H2,1-3H3,(H,8,9). The Morgan fingerprint density at radius 3 is 2.40 bits per heavy atom. The average molecular weight is 142 g/mol. The zero-order chi connectivity index (χ0) is 8.20. The highest BCUT2D eigenvalue weighted by atomic mass is 16.1. The number of carbonyl (C=O) groups excluding carboxylic acids is 2. The smallest absolute Gasteiger partial charge is 0.309 e. The second-order valence-corrected chi connectivity index (χ2v) is 2.99. The van der Waals surface area contributed by atoms with E-state index in [-0.39, 0.29) is 5.78 Å². The van der Waals surface area contributed by atoms with Crippen LogP contribution in [-0.4, -0.2) is 17.7 Å². The molecule has 0 rings (SSSR count). The predicted molar refractivity (Wildman–Crippen MR) is 38.2 cm³/mol. The van der Waals surface area contributed by atoms with Crippen LogP contribution in [0.2, 0.25) is 0 Å². The second-order valence-electron chi connectivity index (χ2n) is 2.99. The monoisotopic (exact) mass is 142 g/mol. The first-order chi connectivity index (χ1) is 4.48. The van der Waals surface area contributed by atoms with Crippen molar-refractivity contribution in [3.63, 3.8) is 0 Å². The molecule has 10 heavy (non-hydrogen) atoms. The van der Waals surface area contributed by atoms with Crippen molar-refractivity contribution in [2.75, 3.05) is 0 Å². The van der Waals surface area contributed by atoms with E-state index < -0.39 is 5.54 Å². The quantitative estimate of drug-likeness (QED) is 0.577. The summed E-state index contributed by atoms with van der Waals surface area (Å²) in [6.07, 6.45) is 1.91. The Bertz CT molecular complexity index is 141. The van der Waals surface area contributed by atoms with Crippen molar-refractivity contribution in [3.05, 3.63) is 0 Å². The largest absolute Gasteiger partial charge is 0.343 e. The maximum absolute atomic E-state index is 10.6. The molecule has 0 bridgehead atoms. The van der Waals surface area contributed by atoms with Gasteiger partial charge in [0, 0.05) is 12.0 Å². The molecular formula is C7H12NO2. The van der Waals surface area contributed by atoms with Gasteiger partial charge in [-0.1, -0.05) is 0 Å². The van der Waals surface area contributed by atoms with Gasteiger partial charge in [0.05, 0.1) is 0 Å². The number of hydrogen-bond donors (Lipinski definition) is 1. The predicted octanol–water partition coefficient (Wildman–Crippen LogP) is 0.401. The molecule has 0 unspecified atom stereocenters. The summed E-state index contributed by atoms with van der Waals surface area (Å²) in [7, 11) is 0. The molecule has 3 nitrogen and oxygen atoms in total. The molecule has 1 radical (unpaired) electrons. The summed E-state index contributed by atoms with van der Waals surface area (Å²) in [5.41, 5.74) is -0.451. The zero-order valence-corrected chi connectivity index (χ0v) is 6.52. The lowest BCUT2D eigenvalue weighted by Gasteiger charge is -2.20. The molecule has 1 N–H and O–H groups in total. The van der Waals surface area contributed by atoms with Gasteiger partial charge in [-0.3, -0.25) is 9.59 Å². The third-order valence-corrected chi connectivity index (χ3v) is 1.08. The molecule has 0 saturated carbocycles. The van der Waals surface area contributed by atoms with Crippen molar-refractivity contribution >= 4 is 12.2 Å². The van der Waals surface area contributed by atoms with E-state index in [1.54, 1.807) is 20.3 Å². The molecule has 0 aliphatic carbocycles. The number of ketones is 1. The highest BCUT2D eigenvalue weighted by Crippen LogP contribution is 2.06. The van der Waals surface area contributed by atoms with Crippen LogP contribution in [0.5, 0.6) is 0 Å². The van der Waals surface area contributed by atoms with Crippen LogP contribution in [0.25, 0.3) is 0 Å². The number of hydrogen-bond acceptors (Lipinski definition) is 2. The van der Waals surface area contributed by atoms with E-state index in [2.05, 4.69) is 5.32 Å². The zero-order valence-electron chi connectivity index (χ0n) is 6.52. The lowest BCUT2D eigenvalue weighted by Crippen LogP contribution is -2.39. The second kappa shape index (κ2) is 3.34. The lowest BCUT2D eigenvalue weighted by atomic mass is 9.99. The van der Waals surface area contributed by atoms with Crippen molar-refractivity contribution in [1.29, 1.82) is 0 Å². The number of amides is 1. The van der Waals surface area contributed by atoms with E-state index in [4.69, 9.17) is 0 Å². The highest BCUT2D eigenvalue weighted by molar-refractivity contribution is 5.77. The molecule has 0 aromatic carbocycles. The van der Waals surface area contributed by atoms with E-state index in [0.29, 0.717) is 6.42 Å². The Labute approximate surface area is 60.8 Å². The van der Waals surface area contributed by atoms with Crippen LogP contribution in [0.4, 0.5) is 0 Å². The summed E-state index contributed by atoms with van der Waals surface area (Å²) < 4.78 is 0. The molecule has 0 atom stereocenters. The van der Waals surface area contributed by atoms with Crippen LogP contribution < -0.4 is 5.32 Å². The van der Waals surface area contributed by atoms with Gasteiger partial charge in [0.1, 0.15) is 5.78 Å². The minimum atomic E-state index is -0.451. The molecule has 0 heterocycles. The molecule has 0 aliphatic heterocycles.